The molecule has 6 heteroatoms. The fourth-order valence-corrected chi connectivity index (χ4v) is 3.99. The summed E-state index contributed by atoms with van der Waals surface area (Å²) in [6.45, 7) is 0. The van der Waals surface area contributed by atoms with Gasteiger partial charge in [0.25, 0.3) is 0 Å². The molecule has 0 amide bonds. The number of ether oxygens (including phenoxy) is 3. The van der Waals surface area contributed by atoms with Crippen LogP contribution in [0.3, 0.4) is 0 Å². The lowest BCUT2D eigenvalue weighted by atomic mass is 9.85. The molecule has 1 aliphatic carbocycles. The normalized spacial score (nSPS) is 20.1. The second-order valence-electron chi connectivity index (χ2n) is 6.91. The molecular weight excluding hydrogens is 466 g/mol. The summed E-state index contributed by atoms with van der Waals surface area (Å²) in [6, 6.07) is 19.0. The number of benzene rings is 3. The van der Waals surface area contributed by atoms with Gasteiger partial charge < -0.3 is 14.2 Å². The third kappa shape index (κ3) is 4.49. The Bertz CT molecular complexity index is 1110. The second-order valence-corrected chi connectivity index (χ2v) is 7.90. The Hall–Kier alpha value is -3.12. The maximum absolute atomic E-state index is 13.5. The van der Waals surface area contributed by atoms with Gasteiger partial charge in [0.2, 0.25) is 0 Å². The summed E-state index contributed by atoms with van der Waals surface area (Å²) in [5.74, 6) is 1.40. The van der Waals surface area contributed by atoms with Crippen LogP contribution in [0.15, 0.2) is 96.8 Å². The monoisotopic (exact) mass is 484 g/mol. The minimum Gasteiger partial charge on any atom is -0.497 e. The van der Waals surface area contributed by atoms with E-state index < -0.39 is 5.60 Å². The molecule has 0 radical (unpaired) electrons. The number of para-hydroxylation sites is 1. The molecule has 0 aliphatic heterocycles. The third-order valence-corrected chi connectivity index (χ3v) is 5.87. The molecule has 0 saturated carbocycles. The van der Waals surface area contributed by atoms with Gasteiger partial charge in [-0.3, -0.25) is 0 Å². The van der Waals surface area contributed by atoms with Crippen LogP contribution >= 0.6 is 15.9 Å². The number of alkyl halides is 1. The first-order valence-corrected chi connectivity index (χ1v) is 10.5. The Balaban J connectivity index is 1.82. The fourth-order valence-electron chi connectivity index (χ4n) is 3.36. The third-order valence-electron chi connectivity index (χ3n) is 4.88. The zero-order chi connectivity index (χ0) is 21.8. The van der Waals surface area contributed by atoms with E-state index in [2.05, 4.69) is 15.9 Å². The SMILES string of the molecule is COC1=CC(Oc2ccc(F)cc2)(c2ccccc2Oc2ccc(F)cc2)C(Br)C=C1. The summed E-state index contributed by atoms with van der Waals surface area (Å²) in [4.78, 5) is -0.290. The molecule has 2 atom stereocenters. The average molecular weight is 485 g/mol. The molecule has 31 heavy (non-hydrogen) atoms. The molecule has 0 bridgehead atoms. The van der Waals surface area contributed by atoms with E-state index >= 15 is 0 Å². The Kier molecular flexibility index (Phi) is 6.09. The van der Waals surface area contributed by atoms with Crippen molar-refractivity contribution >= 4 is 15.9 Å². The van der Waals surface area contributed by atoms with Gasteiger partial charge in [0.15, 0.2) is 5.60 Å². The first-order valence-electron chi connectivity index (χ1n) is 9.57. The first kappa shape index (κ1) is 21.1. The van der Waals surface area contributed by atoms with Gasteiger partial charge in [0, 0.05) is 11.6 Å². The van der Waals surface area contributed by atoms with Crippen LogP contribution < -0.4 is 9.47 Å². The summed E-state index contributed by atoms with van der Waals surface area (Å²) in [7, 11) is 1.58. The molecule has 3 aromatic rings. The minimum atomic E-state index is -1.06. The van der Waals surface area contributed by atoms with Crippen molar-refractivity contribution in [3.05, 3.63) is 114 Å². The van der Waals surface area contributed by atoms with Crippen LogP contribution in [0.5, 0.6) is 17.2 Å². The van der Waals surface area contributed by atoms with Crippen molar-refractivity contribution in [2.75, 3.05) is 7.11 Å². The van der Waals surface area contributed by atoms with Crippen molar-refractivity contribution < 1.29 is 23.0 Å². The summed E-state index contributed by atoms with van der Waals surface area (Å²) in [6.07, 6.45) is 5.61. The van der Waals surface area contributed by atoms with Gasteiger partial charge in [0.05, 0.1) is 11.9 Å². The van der Waals surface area contributed by atoms with Gasteiger partial charge in [-0.25, -0.2) is 8.78 Å². The molecule has 3 nitrogen and oxygen atoms in total. The van der Waals surface area contributed by atoms with Crippen molar-refractivity contribution in [1.29, 1.82) is 0 Å². The number of rotatable bonds is 6. The first-order chi connectivity index (χ1) is 15.0. The van der Waals surface area contributed by atoms with Gasteiger partial charge in [-0.05, 0) is 60.7 Å². The van der Waals surface area contributed by atoms with E-state index in [9.17, 15) is 8.78 Å². The lowest BCUT2D eigenvalue weighted by Gasteiger charge is -2.38. The Morgan fingerprint density at radius 1 is 0.839 bits per heavy atom. The van der Waals surface area contributed by atoms with E-state index in [0.29, 0.717) is 28.6 Å². The van der Waals surface area contributed by atoms with Gasteiger partial charge in [-0.2, -0.15) is 0 Å². The summed E-state index contributed by atoms with van der Waals surface area (Å²) >= 11 is 3.72. The highest BCUT2D eigenvalue weighted by atomic mass is 79.9. The molecule has 158 valence electrons. The predicted octanol–water partition coefficient (Wildman–Crippen LogP) is 6.90. The molecule has 4 rings (SSSR count). The van der Waals surface area contributed by atoms with Gasteiger partial charge >= 0.3 is 0 Å². The number of methoxy groups -OCH3 is 1. The minimum absolute atomic E-state index is 0.290. The molecular formula is C25H19BrF2O3. The standard InChI is InChI=1S/C25H19BrF2O3/c1-29-21-14-15-24(26)25(16-21,31-20-12-8-18(28)9-13-20)22-4-2-3-5-23(22)30-19-10-6-17(27)7-11-19/h2-16,24H,1H3. The molecule has 0 aromatic heterocycles. The summed E-state index contributed by atoms with van der Waals surface area (Å²) < 4.78 is 44.8. The number of hydrogen-bond donors (Lipinski definition) is 0. The van der Waals surface area contributed by atoms with Crippen LogP contribution in [0, 0.1) is 11.6 Å². The molecule has 0 spiro atoms. The lowest BCUT2D eigenvalue weighted by molar-refractivity contribution is 0.118. The van der Waals surface area contributed by atoms with E-state index in [0.717, 1.165) is 0 Å². The highest BCUT2D eigenvalue weighted by Crippen LogP contribution is 2.45. The van der Waals surface area contributed by atoms with Gasteiger partial charge in [0.1, 0.15) is 34.6 Å². The van der Waals surface area contributed by atoms with Crippen LogP contribution in [0.2, 0.25) is 0 Å². The molecule has 0 heterocycles. The quantitative estimate of drug-likeness (QED) is 0.356. The van der Waals surface area contributed by atoms with Gasteiger partial charge in [-0.15, -0.1) is 0 Å². The zero-order valence-electron chi connectivity index (χ0n) is 16.6. The average Bonchev–Trinajstić information content (AvgIpc) is 2.79. The fraction of sp³-hybridized carbons (Fsp3) is 0.120. The van der Waals surface area contributed by atoms with Crippen molar-refractivity contribution in [2.45, 2.75) is 10.4 Å². The van der Waals surface area contributed by atoms with Crippen LogP contribution in [0.25, 0.3) is 0 Å². The van der Waals surface area contributed by atoms with Crippen molar-refractivity contribution in [1.82, 2.24) is 0 Å². The van der Waals surface area contributed by atoms with E-state index in [-0.39, 0.29) is 16.5 Å². The van der Waals surface area contributed by atoms with Crippen molar-refractivity contribution in [3.8, 4) is 17.2 Å². The van der Waals surface area contributed by atoms with Crippen LogP contribution in [0.1, 0.15) is 5.56 Å². The maximum Gasteiger partial charge on any atom is 0.175 e. The predicted molar refractivity (Wildman–Crippen MR) is 119 cm³/mol. The highest BCUT2D eigenvalue weighted by Gasteiger charge is 2.43. The molecule has 1 aliphatic rings. The molecule has 3 aromatic carbocycles. The molecule has 2 unspecified atom stereocenters. The van der Waals surface area contributed by atoms with Crippen LogP contribution in [0.4, 0.5) is 8.78 Å². The Morgan fingerprint density at radius 3 is 2.10 bits per heavy atom. The molecule has 0 saturated heterocycles. The number of hydrogen-bond acceptors (Lipinski definition) is 3. The van der Waals surface area contributed by atoms with Crippen molar-refractivity contribution in [2.24, 2.45) is 0 Å². The highest BCUT2D eigenvalue weighted by molar-refractivity contribution is 9.09. The Morgan fingerprint density at radius 2 is 1.45 bits per heavy atom. The van der Waals surface area contributed by atoms with Crippen LogP contribution in [-0.2, 0) is 10.3 Å². The summed E-state index contributed by atoms with van der Waals surface area (Å²) in [5.41, 5.74) is -0.349. The lowest BCUT2D eigenvalue weighted by Crippen LogP contribution is -2.41. The maximum atomic E-state index is 13.5. The van der Waals surface area contributed by atoms with E-state index in [1.54, 1.807) is 31.4 Å². The number of allylic oxidation sites excluding steroid dienone is 1. The molecule has 0 fully saturated rings. The topological polar surface area (TPSA) is 27.7 Å². The van der Waals surface area contributed by atoms with Crippen LogP contribution in [-0.4, -0.2) is 11.9 Å². The molecule has 0 N–H and O–H groups in total. The zero-order valence-corrected chi connectivity index (χ0v) is 18.2. The number of halogens is 3. The Labute approximate surface area is 187 Å². The largest absolute Gasteiger partial charge is 0.497 e. The van der Waals surface area contributed by atoms with E-state index in [1.165, 1.54) is 24.3 Å². The van der Waals surface area contributed by atoms with Gasteiger partial charge in [-0.1, -0.05) is 40.2 Å². The van der Waals surface area contributed by atoms with E-state index in [4.69, 9.17) is 14.2 Å². The van der Waals surface area contributed by atoms with E-state index in [1.807, 2.05) is 42.5 Å². The smallest absolute Gasteiger partial charge is 0.175 e. The summed E-state index contributed by atoms with van der Waals surface area (Å²) in [5, 5.41) is 0. The van der Waals surface area contributed by atoms with Crippen molar-refractivity contribution in [3.63, 3.8) is 0 Å². The second kappa shape index (κ2) is 8.94.